The van der Waals surface area contributed by atoms with E-state index in [9.17, 15) is 9.59 Å². The van der Waals surface area contributed by atoms with Gasteiger partial charge >= 0.3 is 12.1 Å². The molecule has 34 heavy (non-hydrogen) atoms. The number of methoxy groups -OCH3 is 1. The van der Waals surface area contributed by atoms with E-state index in [1.165, 1.54) is 7.11 Å². The molecule has 1 aliphatic rings. The molecule has 0 radical (unpaired) electrons. The van der Waals surface area contributed by atoms with Crippen molar-refractivity contribution in [3.8, 4) is 11.3 Å². The molecule has 2 aromatic heterocycles. The minimum atomic E-state index is -0.854. The lowest BCUT2D eigenvalue weighted by Crippen LogP contribution is -2.52. The number of amides is 1. The molecule has 2 N–H and O–H groups in total. The summed E-state index contributed by atoms with van der Waals surface area (Å²) in [6.07, 6.45) is 9.29. The lowest BCUT2D eigenvalue weighted by atomic mass is 9.78. The third-order valence-corrected chi connectivity index (χ3v) is 5.80. The van der Waals surface area contributed by atoms with Gasteiger partial charge in [0.15, 0.2) is 11.5 Å². The van der Waals surface area contributed by atoms with Crippen molar-refractivity contribution in [3.63, 3.8) is 0 Å². The molecule has 2 heterocycles. The van der Waals surface area contributed by atoms with Gasteiger partial charge in [0.1, 0.15) is 5.60 Å². The van der Waals surface area contributed by atoms with Crippen LogP contribution in [-0.2, 0) is 9.47 Å². The Kier molecular flexibility index (Phi) is 6.08. The zero-order valence-corrected chi connectivity index (χ0v) is 20.0. The molecule has 3 aromatic rings. The van der Waals surface area contributed by atoms with Gasteiger partial charge in [-0.25, -0.2) is 14.6 Å². The van der Waals surface area contributed by atoms with Crippen LogP contribution < -0.4 is 5.32 Å². The van der Waals surface area contributed by atoms with Crippen LogP contribution in [0.3, 0.4) is 0 Å². The monoisotopic (exact) mass is 463 g/mol. The number of hydrogen-bond donors (Lipinski definition) is 2. The summed E-state index contributed by atoms with van der Waals surface area (Å²) in [6, 6.07) is 7.71. The van der Waals surface area contributed by atoms with Crippen molar-refractivity contribution in [2.24, 2.45) is 0 Å². The van der Waals surface area contributed by atoms with E-state index in [-0.39, 0.29) is 5.69 Å². The molecule has 0 saturated carbocycles. The highest BCUT2D eigenvalue weighted by Crippen LogP contribution is 2.40. The van der Waals surface area contributed by atoms with E-state index >= 15 is 0 Å². The standard InChI is InChI=1S/C26H29N3O5/c1-6-26(29-24(31)34-25(2,3)4)14-10-9-12-18(26)22-28-20(23(30)32-5)21(33-22)17-15-27-19-13-8-7-11-16(17)19/h7-15,18,27H,6H2,1-5H3,(H,29,31)/t18?,26-/m0/s1. The number of benzene rings is 1. The van der Waals surface area contributed by atoms with Gasteiger partial charge in [-0.05, 0) is 33.3 Å². The van der Waals surface area contributed by atoms with Crippen molar-refractivity contribution in [2.75, 3.05) is 7.11 Å². The number of allylic oxidation sites excluding steroid dienone is 2. The van der Waals surface area contributed by atoms with Crippen LogP contribution in [-0.4, -0.2) is 40.3 Å². The Morgan fingerprint density at radius 1 is 1.24 bits per heavy atom. The van der Waals surface area contributed by atoms with Crippen LogP contribution in [0.4, 0.5) is 4.79 Å². The highest BCUT2D eigenvalue weighted by molar-refractivity contribution is 6.01. The number of H-pyrrole nitrogens is 1. The van der Waals surface area contributed by atoms with Gasteiger partial charge in [-0.3, -0.25) is 0 Å². The van der Waals surface area contributed by atoms with Gasteiger partial charge in [0.25, 0.3) is 0 Å². The minimum Gasteiger partial charge on any atom is -0.464 e. The summed E-state index contributed by atoms with van der Waals surface area (Å²) in [4.78, 5) is 33.1. The minimum absolute atomic E-state index is 0.0764. The maximum Gasteiger partial charge on any atom is 0.408 e. The van der Waals surface area contributed by atoms with Gasteiger partial charge < -0.3 is 24.2 Å². The van der Waals surface area contributed by atoms with Gasteiger partial charge in [-0.15, -0.1) is 0 Å². The molecule has 2 atom stereocenters. The summed E-state index contributed by atoms with van der Waals surface area (Å²) in [6.45, 7) is 7.38. The van der Waals surface area contributed by atoms with Crippen molar-refractivity contribution >= 4 is 23.0 Å². The van der Waals surface area contributed by atoms with Crippen LogP contribution >= 0.6 is 0 Å². The second kappa shape index (κ2) is 8.85. The van der Waals surface area contributed by atoms with Crippen molar-refractivity contribution < 1.29 is 23.5 Å². The van der Waals surface area contributed by atoms with Crippen LogP contribution in [0.15, 0.2) is 59.2 Å². The largest absolute Gasteiger partial charge is 0.464 e. The zero-order chi connectivity index (χ0) is 24.5. The molecule has 1 aliphatic carbocycles. The highest BCUT2D eigenvalue weighted by Gasteiger charge is 2.42. The molecule has 8 heteroatoms. The fourth-order valence-electron chi connectivity index (χ4n) is 4.17. The number of fused-ring (bicyclic) bond motifs is 1. The smallest absolute Gasteiger partial charge is 0.408 e. The van der Waals surface area contributed by atoms with E-state index in [0.29, 0.717) is 23.6 Å². The Labute approximate surface area is 198 Å². The van der Waals surface area contributed by atoms with Crippen LogP contribution in [0.25, 0.3) is 22.2 Å². The molecule has 0 fully saturated rings. The number of oxazole rings is 1. The predicted molar refractivity (Wildman–Crippen MR) is 129 cm³/mol. The molecular formula is C26H29N3O5. The molecule has 178 valence electrons. The van der Waals surface area contributed by atoms with Crippen LogP contribution in [0, 0.1) is 0 Å². The molecular weight excluding hydrogens is 434 g/mol. The summed E-state index contributed by atoms with van der Waals surface area (Å²) in [5, 5.41) is 3.89. The summed E-state index contributed by atoms with van der Waals surface area (Å²) < 4.78 is 16.8. The number of nitrogens with one attached hydrogen (secondary N) is 2. The Bertz CT molecular complexity index is 1280. The van der Waals surface area contributed by atoms with Crippen molar-refractivity contribution in [1.82, 2.24) is 15.3 Å². The van der Waals surface area contributed by atoms with E-state index in [2.05, 4.69) is 15.3 Å². The third kappa shape index (κ3) is 4.35. The fourth-order valence-corrected chi connectivity index (χ4v) is 4.17. The average molecular weight is 464 g/mol. The fraction of sp³-hybridized carbons (Fsp3) is 0.346. The maximum absolute atomic E-state index is 12.7. The van der Waals surface area contributed by atoms with E-state index in [4.69, 9.17) is 13.9 Å². The number of esters is 1. The number of para-hydroxylation sites is 1. The SMILES string of the molecule is CC[C@]1(NC(=O)OC(C)(C)C)C=CC=CC1c1nc(C(=O)OC)c(-c2c[nH]c3ccccc23)o1. The van der Waals surface area contributed by atoms with Gasteiger partial charge in [-0.1, -0.05) is 49.4 Å². The number of nitrogens with zero attached hydrogens (tertiary/aromatic N) is 1. The highest BCUT2D eigenvalue weighted by atomic mass is 16.6. The predicted octanol–water partition coefficient (Wildman–Crippen LogP) is 5.49. The number of carbonyl (C=O) groups is 2. The summed E-state index contributed by atoms with van der Waals surface area (Å²) in [5.74, 6) is -0.478. The topological polar surface area (TPSA) is 106 Å². The van der Waals surface area contributed by atoms with Crippen LogP contribution in [0.1, 0.15) is 56.4 Å². The van der Waals surface area contributed by atoms with Crippen LogP contribution in [0.2, 0.25) is 0 Å². The Balaban J connectivity index is 1.79. The summed E-state index contributed by atoms with van der Waals surface area (Å²) in [7, 11) is 1.30. The molecule has 0 saturated heterocycles. The maximum atomic E-state index is 12.7. The van der Waals surface area contributed by atoms with Gasteiger partial charge in [-0.2, -0.15) is 0 Å². The molecule has 1 amide bonds. The second-order valence-corrected chi connectivity index (χ2v) is 9.21. The van der Waals surface area contributed by atoms with Crippen molar-refractivity contribution in [3.05, 3.63) is 66.4 Å². The van der Waals surface area contributed by atoms with E-state index in [1.807, 2.05) is 76.3 Å². The van der Waals surface area contributed by atoms with Gasteiger partial charge in [0.2, 0.25) is 5.89 Å². The van der Waals surface area contributed by atoms with Crippen molar-refractivity contribution in [1.29, 1.82) is 0 Å². The molecule has 0 spiro atoms. The number of rotatable bonds is 5. The first-order chi connectivity index (χ1) is 16.2. The third-order valence-electron chi connectivity index (χ3n) is 5.80. The number of alkyl carbamates (subject to hydrolysis) is 1. The number of aromatic nitrogens is 2. The van der Waals surface area contributed by atoms with Gasteiger partial charge in [0.05, 0.1) is 18.6 Å². The van der Waals surface area contributed by atoms with Gasteiger partial charge in [0, 0.05) is 22.7 Å². The average Bonchev–Trinajstić information content (AvgIpc) is 3.41. The van der Waals surface area contributed by atoms with Crippen LogP contribution in [0.5, 0.6) is 0 Å². The number of carbonyl (C=O) groups excluding carboxylic acids is 2. The lowest BCUT2D eigenvalue weighted by Gasteiger charge is -2.37. The number of ether oxygens (including phenoxy) is 2. The first kappa shape index (κ1) is 23.4. The Hall–Kier alpha value is -3.81. The zero-order valence-electron chi connectivity index (χ0n) is 20.0. The Morgan fingerprint density at radius 3 is 2.71 bits per heavy atom. The molecule has 1 unspecified atom stereocenters. The molecule has 8 nitrogen and oxygen atoms in total. The van der Waals surface area contributed by atoms with Crippen molar-refractivity contribution in [2.45, 2.75) is 51.2 Å². The Morgan fingerprint density at radius 2 is 2.00 bits per heavy atom. The second-order valence-electron chi connectivity index (χ2n) is 9.21. The molecule has 1 aromatic carbocycles. The van der Waals surface area contributed by atoms with E-state index < -0.39 is 29.1 Å². The first-order valence-electron chi connectivity index (χ1n) is 11.2. The van der Waals surface area contributed by atoms with E-state index in [1.54, 1.807) is 6.20 Å². The normalized spacial score (nSPS) is 19.9. The summed E-state index contributed by atoms with van der Waals surface area (Å²) in [5.41, 5.74) is 0.181. The first-order valence-corrected chi connectivity index (χ1v) is 11.2. The molecule has 0 aliphatic heterocycles. The number of aromatic amines is 1. The molecule has 0 bridgehead atoms. The quantitative estimate of drug-likeness (QED) is 0.485. The number of hydrogen-bond acceptors (Lipinski definition) is 6. The van der Waals surface area contributed by atoms with E-state index in [0.717, 1.165) is 10.9 Å². The molecule has 4 rings (SSSR count). The summed E-state index contributed by atoms with van der Waals surface area (Å²) >= 11 is 0. The lowest BCUT2D eigenvalue weighted by molar-refractivity contribution is 0.0462.